The average molecular weight is 299 g/mol. The Hall–Kier alpha value is -0.340. The van der Waals surface area contributed by atoms with E-state index in [0.29, 0.717) is 12.0 Å². The van der Waals surface area contributed by atoms with E-state index in [0.717, 1.165) is 24.8 Å². The van der Waals surface area contributed by atoms with Gasteiger partial charge in [0.25, 0.3) is 0 Å². The van der Waals surface area contributed by atoms with E-state index in [1.807, 2.05) is 0 Å². The van der Waals surface area contributed by atoms with Crippen LogP contribution in [-0.4, -0.2) is 18.0 Å². The zero-order chi connectivity index (χ0) is 12.7. The first kappa shape index (κ1) is 14.7. The predicted molar refractivity (Wildman–Crippen MR) is 77.9 cm³/mol. The number of benzene rings is 1. The lowest BCUT2D eigenvalue weighted by atomic mass is 9.97. The van der Waals surface area contributed by atoms with Crippen molar-refractivity contribution in [2.24, 2.45) is 5.92 Å². The van der Waals surface area contributed by atoms with Gasteiger partial charge >= 0.3 is 0 Å². The largest absolute Gasteiger partial charge is 0.379 e. The van der Waals surface area contributed by atoms with Gasteiger partial charge in [0.05, 0.1) is 6.10 Å². The molecule has 0 radical (unpaired) electrons. The predicted octanol–water partition coefficient (Wildman–Crippen LogP) is 4.36. The van der Waals surface area contributed by atoms with Crippen molar-refractivity contribution in [2.75, 3.05) is 11.9 Å². The normalized spacial score (nSPS) is 13.0. The molecule has 2 heteroatoms. The van der Waals surface area contributed by atoms with Crippen LogP contribution in [0.2, 0.25) is 0 Å². The Kier molecular flexibility index (Phi) is 6.83. The van der Waals surface area contributed by atoms with Crippen molar-refractivity contribution in [3.05, 3.63) is 35.4 Å². The summed E-state index contributed by atoms with van der Waals surface area (Å²) in [4.78, 5) is 0. The highest BCUT2D eigenvalue weighted by Crippen LogP contribution is 2.16. The summed E-state index contributed by atoms with van der Waals surface area (Å²) in [6, 6.07) is 8.78. The SMILES string of the molecule is Cc1cccc(CC(CBr)CCOC(C)C)c1. The molecule has 0 aliphatic heterocycles. The van der Waals surface area contributed by atoms with Gasteiger partial charge in [-0.05, 0) is 45.1 Å². The van der Waals surface area contributed by atoms with Crippen molar-refractivity contribution in [3.63, 3.8) is 0 Å². The zero-order valence-electron chi connectivity index (χ0n) is 11.1. The lowest BCUT2D eigenvalue weighted by molar-refractivity contribution is 0.0701. The molecule has 0 heterocycles. The van der Waals surface area contributed by atoms with E-state index in [4.69, 9.17) is 4.74 Å². The maximum atomic E-state index is 5.61. The van der Waals surface area contributed by atoms with Gasteiger partial charge in [0.1, 0.15) is 0 Å². The number of rotatable bonds is 7. The zero-order valence-corrected chi connectivity index (χ0v) is 12.7. The number of hydrogen-bond acceptors (Lipinski definition) is 1. The van der Waals surface area contributed by atoms with Gasteiger partial charge < -0.3 is 4.74 Å². The van der Waals surface area contributed by atoms with Crippen molar-refractivity contribution in [1.29, 1.82) is 0 Å². The monoisotopic (exact) mass is 298 g/mol. The van der Waals surface area contributed by atoms with Crippen molar-refractivity contribution >= 4 is 15.9 Å². The van der Waals surface area contributed by atoms with E-state index >= 15 is 0 Å². The number of hydrogen-bond donors (Lipinski definition) is 0. The molecule has 1 unspecified atom stereocenters. The van der Waals surface area contributed by atoms with Crippen LogP contribution in [-0.2, 0) is 11.2 Å². The molecule has 0 aliphatic carbocycles. The molecule has 1 aromatic carbocycles. The highest BCUT2D eigenvalue weighted by molar-refractivity contribution is 9.09. The number of halogens is 1. The Labute approximate surface area is 114 Å². The fourth-order valence-electron chi connectivity index (χ4n) is 1.88. The van der Waals surface area contributed by atoms with Gasteiger partial charge in [0.2, 0.25) is 0 Å². The van der Waals surface area contributed by atoms with Gasteiger partial charge in [-0.2, -0.15) is 0 Å². The van der Waals surface area contributed by atoms with Gasteiger partial charge in [-0.1, -0.05) is 45.8 Å². The highest BCUT2D eigenvalue weighted by Gasteiger charge is 2.09. The van der Waals surface area contributed by atoms with E-state index in [9.17, 15) is 0 Å². The molecule has 17 heavy (non-hydrogen) atoms. The second-order valence-electron chi connectivity index (χ2n) is 4.92. The minimum Gasteiger partial charge on any atom is -0.379 e. The molecule has 1 atom stereocenters. The van der Waals surface area contributed by atoms with Gasteiger partial charge in [0.15, 0.2) is 0 Å². The Morgan fingerprint density at radius 1 is 1.29 bits per heavy atom. The van der Waals surface area contributed by atoms with Crippen LogP contribution >= 0.6 is 15.9 Å². The van der Waals surface area contributed by atoms with Crippen LogP contribution < -0.4 is 0 Å². The topological polar surface area (TPSA) is 9.23 Å². The summed E-state index contributed by atoms with van der Waals surface area (Å²) in [7, 11) is 0. The Bertz CT molecular complexity index is 322. The highest BCUT2D eigenvalue weighted by atomic mass is 79.9. The smallest absolute Gasteiger partial charge is 0.0518 e. The molecule has 0 N–H and O–H groups in total. The summed E-state index contributed by atoms with van der Waals surface area (Å²) in [5, 5.41) is 1.04. The first-order valence-corrected chi connectivity index (χ1v) is 7.47. The fraction of sp³-hybridized carbons (Fsp3) is 0.600. The van der Waals surface area contributed by atoms with Crippen molar-refractivity contribution in [3.8, 4) is 0 Å². The molecule has 96 valence electrons. The van der Waals surface area contributed by atoms with Crippen molar-refractivity contribution < 1.29 is 4.74 Å². The van der Waals surface area contributed by atoms with E-state index in [1.54, 1.807) is 0 Å². The molecule has 0 fully saturated rings. The number of ether oxygens (including phenoxy) is 1. The van der Waals surface area contributed by atoms with E-state index in [-0.39, 0.29) is 0 Å². The minimum atomic E-state index is 0.338. The van der Waals surface area contributed by atoms with Crippen LogP contribution in [0.3, 0.4) is 0 Å². The van der Waals surface area contributed by atoms with Crippen LogP contribution in [0.25, 0.3) is 0 Å². The summed E-state index contributed by atoms with van der Waals surface area (Å²) in [6.07, 6.45) is 2.59. The summed E-state index contributed by atoms with van der Waals surface area (Å²) < 4.78 is 5.61. The Morgan fingerprint density at radius 2 is 2.06 bits per heavy atom. The maximum Gasteiger partial charge on any atom is 0.0518 e. The summed E-state index contributed by atoms with van der Waals surface area (Å²) in [6.45, 7) is 7.18. The standard InChI is InChI=1S/C15H23BrO/c1-12(2)17-8-7-15(11-16)10-14-6-4-5-13(3)9-14/h4-6,9,12,15H,7-8,10-11H2,1-3H3. The number of alkyl halides is 1. The molecule has 1 aromatic rings. The van der Waals surface area contributed by atoms with Crippen molar-refractivity contribution in [2.45, 2.75) is 39.7 Å². The molecule has 0 saturated carbocycles. The Morgan fingerprint density at radius 3 is 2.65 bits per heavy atom. The van der Waals surface area contributed by atoms with Gasteiger partial charge in [-0.15, -0.1) is 0 Å². The fourth-order valence-corrected chi connectivity index (χ4v) is 2.43. The Balaban J connectivity index is 2.41. The van der Waals surface area contributed by atoms with E-state index < -0.39 is 0 Å². The molecular formula is C15H23BrO. The maximum absolute atomic E-state index is 5.61. The first-order valence-electron chi connectivity index (χ1n) is 6.35. The van der Waals surface area contributed by atoms with Crippen molar-refractivity contribution in [1.82, 2.24) is 0 Å². The third kappa shape index (κ3) is 6.23. The lowest BCUT2D eigenvalue weighted by Crippen LogP contribution is -2.12. The second-order valence-corrected chi connectivity index (χ2v) is 5.57. The lowest BCUT2D eigenvalue weighted by Gasteiger charge is -2.15. The molecule has 0 aliphatic rings. The number of aryl methyl sites for hydroxylation is 1. The first-order chi connectivity index (χ1) is 8.11. The van der Waals surface area contributed by atoms with Crippen LogP contribution in [0.5, 0.6) is 0 Å². The molecule has 1 nitrogen and oxygen atoms in total. The quantitative estimate of drug-likeness (QED) is 0.680. The third-order valence-corrected chi connectivity index (χ3v) is 3.72. The van der Waals surface area contributed by atoms with Gasteiger partial charge in [-0.25, -0.2) is 0 Å². The summed E-state index contributed by atoms with van der Waals surface area (Å²) >= 11 is 3.60. The molecule has 0 amide bonds. The van der Waals surface area contributed by atoms with E-state index in [2.05, 4.69) is 61.0 Å². The average Bonchev–Trinajstić information content (AvgIpc) is 2.27. The molecule has 0 saturated heterocycles. The molecule has 0 spiro atoms. The molecule has 1 rings (SSSR count). The summed E-state index contributed by atoms with van der Waals surface area (Å²) in [5.74, 6) is 0.663. The van der Waals surface area contributed by atoms with Crippen LogP contribution in [0.15, 0.2) is 24.3 Å². The van der Waals surface area contributed by atoms with Gasteiger partial charge in [0, 0.05) is 11.9 Å². The van der Waals surface area contributed by atoms with Crippen LogP contribution in [0.4, 0.5) is 0 Å². The molecule has 0 bridgehead atoms. The summed E-state index contributed by atoms with van der Waals surface area (Å²) in [5.41, 5.74) is 2.77. The van der Waals surface area contributed by atoms with Crippen LogP contribution in [0, 0.1) is 12.8 Å². The third-order valence-electron chi connectivity index (χ3n) is 2.80. The molecule has 0 aromatic heterocycles. The van der Waals surface area contributed by atoms with Gasteiger partial charge in [-0.3, -0.25) is 0 Å². The molecular weight excluding hydrogens is 276 g/mol. The van der Waals surface area contributed by atoms with Crippen LogP contribution in [0.1, 0.15) is 31.4 Å². The second kappa shape index (κ2) is 7.88. The minimum absolute atomic E-state index is 0.338. The van der Waals surface area contributed by atoms with E-state index in [1.165, 1.54) is 11.1 Å².